The molecule has 0 aliphatic heterocycles. The summed E-state index contributed by atoms with van der Waals surface area (Å²) in [5.41, 5.74) is -0.0403. The second-order valence-electron chi connectivity index (χ2n) is 11.0. The molecule has 0 aliphatic rings. The summed E-state index contributed by atoms with van der Waals surface area (Å²) in [5.74, 6) is -5.40. The van der Waals surface area contributed by atoms with Crippen LogP contribution in [-0.2, 0) is 23.9 Å². The minimum absolute atomic E-state index is 0.205. The Morgan fingerprint density at radius 2 is 1.54 bits per heavy atom. The van der Waals surface area contributed by atoms with Gasteiger partial charge in [-0.15, -0.1) is 0 Å². The maximum absolute atomic E-state index is 13.7. The Hall–Kier alpha value is -3.21. The van der Waals surface area contributed by atoms with Gasteiger partial charge in [-0.05, 0) is 30.9 Å². The van der Waals surface area contributed by atoms with Crippen LogP contribution < -0.4 is 10.6 Å². The molecule has 0 saturated carbocycles. The Bertz CT molecular complexity index is 1050. The van der Waals surface area contributed by atoms with Gasteiger partial charge in [0, 0.05) is 18.5 Å². The number of amides is 2. The predicted molar refractivity (Wildman–Crippen MR) is 141 cm³/mol. The molecule has 2 amide bonds. The molecular weight excluding hydrogens is 515 g/mol. The van der Waals surface area contributed by atoms with Crippen molar-refractivity contribution in [3.8, 4) is 0 Å². The van der Waals surface area contributed by atoms with Crippen LogP contribution in [0.1, 0.15) is 59.9 Å². The van der Waals surface area contributed by atoms with Crippen LogP contribution in [0.5, 0.6) is 0 Å². The summed E-state index contributed by atoms with van der Waals surface area (Å²) in [6, 6.07) is 7.10. The van der Waals surface area contributed by atoms with E-state index in [9.17, 15) is 32.3 Å². The number of carbonyl (C=O) groups excluding carboxylic acids is 4. The number of esters is 2. The first-order valence-electron chi connectivity index (χ1n) is 12.6. The van der Waals surface area contributed by atoms with E-state index in [-0.39, 0.29) is 23.3 Å². The van der Waals surface area contributed by atoms with Gasteiger partial charge in [-0.3, -0.25) is 9.59 Å². The fraction of sp³-hybridized carbons (Fsp3) is 0.571. The number of nitrogens with zero attached hydrogens (tertiary/aromatic N) is 1. The first kappa shape index (κ1) is 33.8. The van der Waals surface area contributed by atoms with Crippen molar-refractivity contribution in [2.75, 3.05) is 14.1 Å². The van der Waals surface area contributed by atoms with Crippen molar-refractivity contribution in [1.82, 2.24) is 15.5 Å². The number of rotatable bonds is 10. The lowest BCUT2D eigenvalue weighted by atomic mass is 9.84. The molecule has 39 heavy (non-hydrogen) atoms. The van der Waals surface area contributed by atoms with Crippen molar-refractivity contribution in [2.45, 2.75) is 78.7 Å². The number of alkyl halides is 3. The molecule has 0 aliphatic carbocycles. The van der Waals surface area contributed by atoms with Crippen molar-refractivity contribution in [1.29, 1.82) is 0 Å². The van der Waals surface area contributed by atoms with Gasteiger partial charge in [-0.2, -0.15) is 13.2 Å². The van der Waals surface area contributed by atoms with E-state index in [0.717, 1.165) is 5.56 Å². The first-order chi connectivity index (χ1) is 17.8. The van der Waals surface area contributed by atoms with Gasteiger partial charge < -0.3 is 20.3 Å². The third-order valence-electron chi connectivity index (χ3n) is 6.46. The van der Waals surface area contributed by atoms with Gasteiger partial charge in [-0.25, -0.2) is 9.59 Å². The molecule has 1 aromatic rings. The molecule has 0 fully saturated rings. The van der Waals surface area contributed by atoms with Gasteiger partial charge in [0.05, 0.1) is 12.1 Å². The minimum Gasteiger partial charge on any atom is -0.383 e. The van der Waals surface area contributed by atoms with E-state index >= 15 is 0 Å². The molecule has 11 heteroatoms. The van der Waals surface area contributed by atoms with E-state index in [1.54, 1.807) is 41.7 Å². The van der Waals surface area contributed by atoms with Crippen LogP contribution >= 0.6 is 0 Å². The topological polar surface area (TPSA) is 105 Å². The Kier molecular flexibility index (Phi) is 11.9. The molecule has 8 nitrogen and oxygen atoms in total. The molecule has 218 valence electrons. The fourth-order valence-corrected chi connectivity index (χ4v) is 4.09. The largest absolute Gasteiger partial charge is 0.491 e. The summed E-state index contributed by atoms with van der Waals surface area (Å²) in [6.45, 7) is 12.0. The number of halogens is 3. The lowest BCUT2D eigenvalue weighted by Crippen LogP contribution is -2.59. The Balaban J connectivity index is 3.22. The molecule has 0 bridgehead atoms. The van der Waals surface area contributed by atoms with E-state index in [0.29, 0.717) is 0 Å². The van der Waals surface area contributed by atoms with Gasteiger partial charge in [-0.1, -0.05) is 78.0 Å². The van der Waals surface area contributed by atoms with Crippen LogP contribution in [0.25, 0.3) is 0 Å². The normalized spacial score (nSPS) is 15.7. The number of ether oxygens (including phenoxy) is 1. The maximum atomic E-state index is 13.7. The van der Waals surface area contributed by atoms with Gasteiger partial charge in [0.25, 0.3) is 0 Å². The highest BCUT2D eigenvalue weighted by molar-refractivity contribution is 5.97. The Morgan fingerprint density at radius 3 is 1.97 bits per heavy atom. The molecule has 1 rings (SSSR count). The predicted octanol–water partition coefficient (Wildman–Crippen LogP) is 3.97. The summed E-state index contributed by atoms with van der Waals surface area (Å²) >= 11 is 0. The number of hydrogen-bond acceptors (Lipinski definition) is 6. The van der Waals surface area contributed by atoms with Gasteiger partial charge in [0.2, 0.25) is 11.8 Å². The van der Waals surface area contributed by atoms with Gasteiger partial charge >= 0.3 is 18.1 Å². The van der Waals surface area contributed by atoms with Gasteiger partial charge in [0.15, 0.2) is 0 Å². The van der Waals surface area contributed by atoms with Crippen LogP contribution in [0.15, 0.2) is 42.0 Å². The average molecular weight is 556 g/mol. The van der Waals surface area contributed by atoms with E-state index in [1.165, 1.54) is 24.9 Å². The lowest BCUT2D eigenvalue weighted by molar-refractivity contribution is -0.200. The van der Waals surface area contributed by atoms with Crippen molar-refractivity contribution >= 4 is 23.8 Å². The molecule has 2 N–H and O–H groups in total. The van der Waals surface area contributed by atoms with Crippen molar-refractivity contribution < 1.29 is 37.1 Å². The lowest BCUT2D eigenvalue weighted by Gasteiger charge is -2.38. The average Bonchev–Trinajstić information content (AvgIpc) is 2.84. The second kappa shape index (κ2) is 13.7. The van der Waals surface area contributed by atoms with Crippen LogP contribution in [0, 0.1) is 11.3 Å². The molecule has 0 spiro atoms. The number of hydrogen-bond donors (Lipinski definition) is 2. The molecular formula is C28H40F3N3O5. The fourth-order valence-electron chi connectivity index (χ4n) is 4.09. The Labute approximate surface area is 228 Å². The number of benzene rings is 1. The third kappa shape index (κ3) is 9.49. The highest BCUT2D eigenvalue weighted by atomic mass is 19.4. The summed E-state index contributed by atoms with van der Waals surface area (Å²) < 4.78 is 41.4. The van der Waals surface area contributed by atoms with E-state index in [4.69, 9.17) is 0 Å². The zero-order valence-corrected chi connectivity index (χ0v) is 24.0. The van der Waals surface area contributed by atoms with E-state index in [2.05, 4.69) is 15.4 Å². The standard InChI is InChI=1S/C28H40F3N3O5/c1-16(2)20(15-17(3)25(37)39-26(38)28(29,30)31)34(9)24(36)22(27(5,6)7)33-23(35)21(32-8)18(4)19-13-11-10-12-14-19/h10-16,18,20-22,32H,1-9H3,(H,33,35). The van der Waals surface area contributed by atoms with Crippen LogP contribution in [0.4, 0.5) is 13.2 Å². The summed E-state index contributed by atoms with van der Waals surface area (Å²) in [6.07, 6.45) is -4.04. The monoisotopic (exact) mass is 555 g/mol. The van der Waals surface area contributed by atoms with E-state index < -0.39 is 47.6 Å². The molecule has 4 unspecified atom stereocenters. The second-order valence-corrected chi connectivity index (χ2v) is 11.0. The summed E-state index contributed by atoms with van der Waals surface area (Å²) in [7, 11) is 3.14. The van der Waals surface area contributed by atoms with Crippen LogP contribution in [0.3, 0.4) is 0 Å². The third-order valence-corrected chi connectivity index (χ3v) is 6.46. The molecule has 0 saturated heterocycles. The summed E-state index contributed by atoms with van der Waals surface area (Å²) in [4.78, 5) is 51.6. The molecule has 1 aromatic carbocycles. The molecule has 4 atom stereocenters. The number of carbonyl (C=O) groups is 4. The van der Waals surface area contributed by atoms with Crippen molar-refractivity contribution in [3.05, 3.63) is 47.5 Å². The molecule has 0 radical (unpaired) electrons. The number of likely N-dealkylation sites (N-methyl/N-ethyl adjacent to an activating group) is 2. The minimum atomic E-state index is -5.32. The van der Waals surface area contributed by atoms with Crippen molar-refractivity contribution in [2.24, 2.45) is 11.3 Å². The highest BCUT2D eigenvalue weighted by Crippen LogP contribution is 2.26. The first-order valence-corrected chi connectivity index (χ1v) is 12.6. The molecule has 0 aromatic heterocycles. The smallest absolute Gasteiger partial charge is 0.383 e. The van der Waals surface area contributed by atoms with Crippen LogP contribution in [0.2, 0.25) is 0 Å². The van der Waals surface area contributed by atoms with Crippen molar-refractivity contribution in [3.63, 3.8) is 0 Å². The SMILES string of the molecule is CNC(C(=O)NC(C(=O)N(C)C(C=C(C)C(=O)OC(=O)C(F)(F)F)C(C)C)C(C)(C)C)C(C)c1ccccc1. The zero-order chi connectivity index (χ0) is 30.3. The van der Waals surface area contributed by atoms with E-state index in [1.807, 2.05) is 37.3 Å². The highest BCUT2D eigenvalue weighted by Gasteiger charge is 2.43. The Morgan fingerprint density at radius 1 is 1.00 bits per heavy atom. The van der Waals surface area contributed by atoms with Gasteiger partial charge in [0.1, 0.15) is 6.04 Å². The molecule has 0 heterocycles. The zero-order valence-electron chi connectivity index (χ0n) is 24.0. The van der Waals surface area contributed by atoms with Crippen LogP contribution in [-0.4, -0.2) is 67.1 Å². The maximum Gasteiger partial charge on any atom is 0.491 e. The quantitative estimate of drug-likeness (QED) is 0.257. The summed E-state index contributed by atoms with van der Waals surface area (Å²) in [5, 5.41) is 5.90. The number of nitrogens with one attached hydrogen (secondary N) is 2.